The normalized spacial score (nSPS) is 18.2. The zero-order valence-corrected chi connectivity index (χ0v) is 13.3. The van der Waals surface area contributed by atoms with Crippen LogP contribution >= 0.6 is 0 Å². The minimum atomic E-state index is 0.320. The van der Waals surface area contributed by atoms with Crippen molar-refractivity contribution in [2.24, 2.45) is 0 Å². The zero-order chi connectivity index (χ0) is 15.4. The van der Waals surface area contributed by atoms with Gasteiger partial charge in [-0.15, -0.1) is 0 Å². The average molecular weight is 295 g/mol. The first kappa shape index (κ1) is 15.1. The van der Waals surface area contributed by atoms with E-state index < -0.39 is 0 Å². The lowest BCUT2D eigenvalue weighted by atomic mass is 9.96. The molecular weight excluding hydrogens is 270 g/mol. The Balaban J connectivity index is 1.88. The summed E-state index contributed by atoms with van der Waals surface area (Å²) in [6, 6.07) is 19.5. The van der Waals surface area contributed by atoms with Gasteiger partial charge in [-0.1, -0.05) is 49.4 Å². The molecule has 0 aliphatic carbocycles. The van der Waals surface area contributed by atoms with Gasteiger partial charge in [0.15, 0.2) is 0 Å². The predicted octanol–water partition coefficient (Wildman–Crippen LogP) is 3.00. The van der Waals surface area contributed by atoms with Crippen LogP contribution in [0, 0.1) is 0 Å². The summed E-state index contributed by atoms with van der Waals surface area (Å²) in [6.45, 7) is 7.90. The van der Waals surface area contributed by atoms with Crippen LogP contribution in [0.1, 0.15) is 24.1 Å². The predicted molar refractivity (Wildman–Crippen MR) is 92.8 cm³/mol. The van der Waals surface area contributed by atoms with Crippen molar-refractivity contribution in [2.75, 3.05) is 38.5 Å². The third-order valence-electron chi connectivity index (χ3n) is 4.59. The Hall–Kier alpha value is -1.84. The molecule has 1 atom stereocenters. The summed E-state index contributed by atoms with van der Waals surface area (Å²) < 4.78 is 0. The van der Waals surface area contributed by atoms with Gasteiger partial charge in [0.05, 0.1) is 6.04 Å². The fourth-order valence-corrected chi connectivity index (χ4v) is 3.27. The molecule has 1 aliphatic rings. The van der Waals surface area contributed by atoms with Crippen molar-refractivity contribution >= 4 is 5.69 Å². The second-order valence-corrected chi connectivity index (χ2v) is 5.95. The quantitative estimate of drug-likeness (QED) is 0.880. The minimum absolute atomic E-state index is 0.320. The van der Waals surface area contributed by atoms with Crippen LogP contribution in [0.2, 0.25) is 0 Å². The Morgan fingerprint density at radius 2 is 1.45 bits per heavy atom. The van der Waals surface area contributed by atoms with Gasteiger partial charge in [-0.25, -0.2) is 0 Å². The van der Waals surface area contributed by atoms with Crippen LogP contribution in [0.3, 0.4) is 0 Å². The molecule has 0 bridgehead atoms. The van der Waals surface area contributed by atoms with E-state index >= 15 is 0 Å². The molecule has 0 aromatic heterocycles. The average Bonchev–Trinajstić information content (AvgIpc) is 2.58. The fraction of sp³-hybridized carbons (Fsp3) is 0.368. The molecule has 0 spiro atoms. The molecule has 3 nitrogen and oxygen atoms in total. The van der Waals surface area contributed by atoms with E-state index in [9.17, 15) is 0 Å². The van der Waals surface area contributed by atoms with E-state index in [0.717, 1.165) is 38.4 Å². The molecule has 1 unspecified atom stereocenters. The van der Waals surface area contributed by atoms with Crippen molar-refractivity contribution in [2.45, 2.75) is 13.0 Å². The number of nitrogen functional groups attached to an aromatic ring is 1. The number of nitrogens with zero attached hydrogens (tertiary/aromatic N) is 2. The molecule has 2 N–H and O–H groups in total. The zero-order valence-electron chi connectivity index (χ0n) is 13.3. The first-order valence-corrected chi connectivity index (χ1v) is 8.14. The maximum absolute atomic E-state index is 5.86. The van der Waals surface area contributed by atoms with Gasteiger partial charge in [0, 0.05) is 31.9 Å². The third-order valence-corrected chi connectivity index (χ3v) is 4.59. The summed E-state index contributed by atoms with van der Waals surface area (Å²) in [5, 5.41) is 0. The maximum Gasteiger partial charge on any atom is 0.0602 e. The lowest BCUT2D eigenvalue weighted by Crippen LogP contribution is -2.47. The molecule has 1 saturated heterocycles. The van der Waals surface area contributed by atoms with Crippen molar-refractivity contribution in [1.29, 1.82) is 0 Å². The molecule has 2 aromatic carbocycles. The summed E-state index contributed by atoms with van der Waals surface area (Å²) in [4.78, 5) is 5.11. The Bertz CT molecular complexity index is 571. The van der Waals surface area contributed by atoms with Gasteiger partial charge in [0.25, 0.3) is 0 Å². The Morgan fingerprint density at radius 3 is 2.05 bits per heavy atom. The van der Waals surface area contributed by atoms with E-state index in [2.05, 4.69) is 59.2 Å². The number of anilines is 1. The number of hydrogen-bond acceptors (Lipinski definition) is 3. The van der Waals surface area contributed by atoms with Crippen molar-refractivity contribution < 1.29 is 0 Å². The largest absolute Gasteiger partial charge is 0.399 e. The summed E-state index contributed by atoms with van der Waals surface area (Å²) >= 11 is 0. The van der Waals surface area contributed by atoms with Gasteiger partial charge in [0.1, 0.15) is 0 Å². The fourth-order valence-electron chi connectivity index (χ4n) is 3.27. The number of piperazine rings is 1. The van der Waals surface area contributed by atoms with E-state index in [1.807, 2.05) is 12.1 Å². The number of nitrogens with two attached hydrogens (primary N) is 1. The standard InChI is InChI=1S/C19H25N3/c1-2-21-12-14-22(15-13-21)19(16-6-4-3-5-7-16)17-8-10-18(20)11-9-17/h3-11,19H,2,12-15,20H2,1H3. The van der Waals surface area contributed by atoms with Crippen LogP contribution in [-0.4, -0.2) is 42.5 Å². The van der Waals surface area contributed by atoms with Crippen LogP contribution in [0.15, 0.2) is 54.6 Å². The van der Waals surface area contributed by atoms with Crippen LogP contribution in [0.4, 0.5) is 5.69 Å². The Kier molecular flexibility index (Phi) is 4.76. The first-order chi connectivity index (χ1) is 10.8. The highest BCUT2D eigenvalue weighted by atomic mass is 15.3. The van der Waals surface area contributed by atoms with E-state index in [4.69, 9.17) is 5.73 Å². The topological polar surface area (TPSA) is 32.5 Å². The van der Waals surface area contributed by atoms with Gasteiger partial charge in [-0.2, -0.15) is 0 Å². The SMILES string of the molecule is CCN1CCN(C(c2ccccc2)c2ccc(N)cc2)CC1. The minimum Gasteiger partial charge on any atom is -0.399 e. The van der Waals surface area contributed by atoms with Crippen molar-refractivity contribution in [3.63, 3.8) is 0 Å². The number of likely N-dealkylation sites (N-methyl/N-ethyl adjacent to an activating group) is 1. The molecule has 22 heavy (non-hydrogen) atoms. The molecule has 2 aromatic rings. The van der Waals surface area contributed by atoms with Gasteiger partial charge in [-0.05, 0) is 29.8 Å². The summed E-state index contributed by atoms with van der Waals surface area (Å²) in [6.07, 6.45) is 0. The molecule has 116 valence electrons. The van der Waals surface area contributed by atoms with Gasteiger partial charge in [-0.3, -0.25) is 4.90 Å². The van der Waals surface area contributed by atoms with Crippen molar-refractivity contribution in [3.05, 3.63) is 65.7 Å². The highest BCUT2D eigenvalue weighted by Gasteiger charge is 2.25. The lowest BCUT2D eigenvalue weighted by molar-refractivity contribution is 0.113. The Labute approximate surface area is 133 Å². The second-order valence-electron chi connectivity index (χ2n) is 5.95. The number of rotatable bonds is 4. The first-order valence-electron chi connectivity index (χ1n) is 8.14. The lowest BCUT2D eigenvalue weighted by Gasteiger charge is -2.39. The van der Waals surface area contributed by atoms with E-state index in [1.54, 1.807) is 0 Å². The van der Waals surface area contributed by atoms with Crippen LogP contribution in [0.5, 0.6) is 0 Å². The van der Waals surface area contributed by atoms with Gasteiger partial charge >= 0.3 is 0 Å². The molecule has 1 heterocycles. The molecule has 1 fully saturated rings. The molecule has 0 amide bonds. The molecule has 1 aliphatic heterocycles. The molecule has 3 heteroatoms. The molecule has 0 saturated carbocycles. The van der Waals surface area contributed by atoms with Gasteiger partial charge in [0.2, 0.25) is 0 Å². The maximum atomic E-state index is 5.86. The van der Waals surface area contributed by atoms with Gasteiger partial charge < -0.3 is 10.6 Å². The smallest absolute Gasteiger partial charge is 0.0602 e. The van der Waals surface area contributed by atoms with E-state index in [0.29, 0.717) is 6.04 Å². The summed E-state index contributed by atoms with van der Waals surface area (Å²) in [5.41, 5.74) is 9.37. The molecule has 0 radical (unpaired) electrons. The van der Waals surface area contributed by atoms with Crippen LogP contribution in [0.25, 0.3) is 0 Å². The highest BCUT2D eigenvalue weighted by molar-refractivity contribution is 5.42. The summed E-state index contributed by atoms with van der Waals surface area (Å²) in [7, 11) is 0. The van der Waals surface area contributed by atoms with Crippen molar-refractivity contribution in [3.8, 4) is 0 Å². The number of hydrogen-bond donors (Lipinski definition) is 1. The third kappa shape index (κ3) is 3.32. The van der Waals surface area contributed by atoms with Crippen LogP contribution in [-0.2, 0) is 0 Å². The number of benzene rings is 2. The van der Waals surface area contributed by atoms with E-state index in [-0.39, 0.29) is 0 Å². The highest BCUT2D eigenvalue weighted by Crippen LogP contribution is 2.30. The summed E-state index contributed by atoms with van der Waals surface area (Å²) in [5.74, 6) is 0. The van der Waals surface area contributed by atoms with Crippen LogP contribution < -0.4 is 5.73 Å². The second kappa shape index (κ2) is 6.95. The molecule has 3 rings (SSSR count). The van der Waals surface area contributed by atoms with Crippen molar-refractivity contribution in [1.82, 2.24) is 9.80 Å². The monoisotopic (exact) mass is 295 g/mol. The Morgan fingerprint density at radius 1 is 0.864 bits per heavy atom. The van der Waals surface area contributed by atoms with E-state index in [1.165, 1.54) is 11.1 Å². The molecular formula is C19H25N3.